The lowest BCUT2D eigenvalue weighted by Crippen LogP contribution is -2.25. The van der Waals surface area contributed by atoms with Gasteiger partial charge in [0, 0.05) is 11.6 Å². The van der Waals surface area contributed by atoms with Gasteiger partial charge in [0.1, 0.15) is 24.3 Å². The molecule has 1 saturated heterocycles. The highest BCUT2D eigenvalue weighted by Crippen LogP contribution is 2.40. The Morgan fingerprint density at radius 2 is 2.03 bits per heavy atom. The van der Waals surface area contributed by atoms with E-state index < -0.39 is 27.9 Å². The summed E-state index contributed by atoms with van der Waals surface area (Å²) >= 11 is 0. The lowest BCUT2D eigenvalue weighted by Gasteiger charge is -2.19. The molecular weight excluding hydrogens is 428 g/mol. The van der Waals surface area contributed by atoms with Gasteiger partial charge < -0.3 is 4.74 Å². The molecule has 1 aromatic heterocycles. The van der Waals surface area contributed by atoms with Crippen molar-refractivity contribution in [2.45, 2.75) is 43.4 Å². The van der Waals surface area contributed by atoms with Crippen LogP contribution in [0.5, 0.6) is 0 Å². The zero-order valence-corrected chi connectivity index (χ0v) is 17.5. The van der Waals surface area contributed by atoms with E-state index >= 15 is 0 Å². The Bertz CT molecular complexity index is 1190. The number of aryl methyl sites for hydroxylation is 1. The van der Waals surface area contributed by atoms with Crippen molar-refractivity contribution in [2.75, 3.05) is 0 Å². The molecule has 7 nitrogen and oxygen atoms in total. The molecule has 1 aliphatic heterocycles. The van der Waals surface area contributed by atoms with Crippen LogP contribution in [-0.4, -0.2) is 33.8 Å². The first kappa shape index (κ1) is 21.5. The van der Waals surface area contributed by atoms with Gasteiger partial charge in [-0.2, -0.15) is 13.5 Å². The SMILES string of the molecule is Cc1ccc(S(=O)(=O)O)cc1CC1CC(c2ccc(F)cc2F)OC1Cn1cncn1. The number of halogens is 2. The zero-order chi connectivity index (χ0) is 22.2. The predicted molar refractivity (Wildman–Crippen MR) is 107 cm³/mol. The normalized spacial score (nSPS) is 21.5. The fourth-order valence-corrected chi connectivity index (χ4v) is 4.53. The monoisotopic (exact) mass is 449 g/mol. The van der Waals surface area contributed by atoms with E-state index in [1.54, 1.807) is 17.1 Å². The Hall–Kier alpha value is -2.69. The summed E-state index contributed by atoms with van der Waals surface area (Å²) in [6, 6.07) is 7.84. The van der Waals surface area contributed by atoms with E-state index in [1.165, 1.54) is 30.6 Å². The highest BCUT2D eigenvalue weighted by molar-refractivity contribution is 7.85. The standard InChI is InChI=1S/C21H21F2N3O4S/c1-13-2-4-17(31(27,28)29)7-14(13)6-15-8-20(18-5-3-16(22)9-19(18)23)30-21(15)10-26-12-24-11-25-26/h2-5,7,9,11-12,15,20-21H,6,8,10H2,1H3,(H,27,28,29). The van der Waals surface area contributed by atoms with Gasteiger partial charge in [0.15, 0.2) is 0 Å². The minimum atomic E-state index is -4.33. The molecule has 3 aromatic rings. The number of ether oxygens (including phenoxy) is 1. The number of rotatable bonds is 6. The zero-order valence-electron chi connectivity index (χ0n) is 16.6. The number of hydrogen-bond donors (Lipinski definition) is 1. The number of nitrogens with zero attached hydrogens (tertiary/aromatic N) is 3. The summed E-state index contributed by atoms with van der Waals surface area (Å²) in [7, 11) is -4.33. The fourth-order valence-electron chi connectivity index (χ4n) is 4.00. The molecule has 0 radical (unpaired) electrons. The number of aromatic nitrogens is 3. The minimum Gasteiger partial charge on any atom is -0.368 e. The average Bonchev–Trinajstić information content (AvgIpc) is 3.33. The maximum Gasteiger partial charge on any atom is 0.294 e. The molecule has 2 heterocycles. The maximum absolute atomic E-state index is 14.4. The first-order chi connectivity index (χ1) is 14.7. The summed E-state index contributed by atoms with van der Waals surface area (Å²) in [4.78, 5) is 3.75. The largest absolute Gasteiger partial charge is 0.368 e. The van der Waals surface area contributed by atoms with Crippen LogP contribution in [0.15, 0.2) is 53.9 Å². The Morgan fingerprint density at radius 1 is 1.23 bits per heavy atom. The smallest absolute Gasteiger partial charge is 0.294 e. The van der Waals surface area contributed by atoms with Crippen molar-refractivity contribution >= 4 is 10.1 Å². The summed E-state index contributed by atoms with van der Waals surface area (Å²) in [5.74, 6) is -1.43. The molecule has 1 N–H and O–H groups in total. The van der Waals surface area contributed by atoms with Crippen molar-refractivity contribution < 1.29 is 26.5 Å². The first-order valence-corrected chi connectivity index (χ1v) is 11.1. The van der Waals surface area contributed by atoms with Crippen LogP contribution in [0, 0.1) is 24.5 Å². The van der Waals surface area contributed by atoms with E-state index in [2.05, 4.69) is 10.1 Å². The van der Waals surface area contributed by atoms with Gasteiger partial charge in [-0.3, -0.25) is 9.23 Å². The maximum atomic E-state index is 14.4. The molecule has 0 amide bonds. The summed E-state index contributed by atoms with van der Waals surface area (Å²) in [5, 5.41) is 4.10. The molecule has 1 fully saturated rings. The van der Waals surface area contributed by atoms with Crippen LogP contribution < -0.4 is 0 Å². The lowest BCUT2D eigenvalue weighted by molar-refractivity contribution is 0.0198. The first-order valence-electron chi connectivity index (χ1n) is 9.70. The van der Waals surface area contributed by atoms with Crippen molar-refractivity contribution in [1.29, 1.82) is 0 Å². The third-order valence-corrected chi connectivity index (χ3v) is 6.47. The van der Waals surface area contributed by atoms with Crippen LogP contribution >= 0.6 is 0 Å². The second kappa shape index (κ2) is 8.45. The van der Waals surface area contributed by atoms with Gasteiger partial charge in [0.05, 0.1) is 23.6 Å². The summed E-state index contributed by atoms with van der Waals surface area (Å²) < 4.78 is 68.0. The Kier molecular flexibility index (Phi) is 5.87. The van der Waals surface area contributed by atoms with Crippen LogP contribution in [0.2, 0.25) is 0 Å². The highest BCUT2D eigenvalue weighted by atomic mass is 32.2. The van der Waals surface area contributed by atoms with E-state index in [0.29, 0.717) is 19.4 Å². The lowest BCUT2D eigenvalue weighted by atomic mass is 9.88. The Balaban J connectivity index is 1.63. The van der Waals surface area contributed by atoms with Crippen LogP contribution in [0.3, 0.4) is 0 Å². The summed E-state index contributed by atoms with van der Waals surface area (Å²) in [5.41, 5.74) is 1.88. The third-order valence-electron chi connectivity index (χ3n) is 5.63. The Morgan fingerprint density at radius 3 is 2.71 bits per heavy atom. The van der Waals surface area contributed by atoms with Crippen molar-refractivity contribution in [3.8, 4) is 0 Å². The van der Waals surface area contributed by atoms with Crippen molar-refractivity contribution in [3.63, 3.8) is 0 Å². The van der Waals surface area contributed by atoms with Gasteiger partial charge in [0.2, 0.25) is 0 Å². The minimum absolute atomic E-state index is 0.103. The number of benzene rings is 2. The van der Waals surface area contributed by atoms with E-state index in [-0.39, 0.29) is 22.5 Å². The van der Waals surface area contributed by atoms with Crippen molar-refractivity contribution in [3.05, 3.63) is 77.4 Å². The van der Waals surface area contributed by atoms with Gasteiger partial charge in [-0.25, -0.2) is 13.8 Å². The van der Waals surface area contributed by atoms with Crippen LogP contribution in [0.4, 0.5) is 8.78 Å². The third kappa shape index (κ3) is 4.81. The van der Waals surface area contributed by atoms with Crippen LogP contribution in [0.1, 0.15) is 29.2 Å². The summed E-state index contributed by atoms with van der Waals surface area (Å²) in [6.45, 7) is 2.23. The molecule has 0 bridgehead atoms. The van der Waals surface area contributed by atoms with E-state index in [1.807, 2.05) is 6.92 Å². The Labute approximate surface area is 178 Å². The molecule has 1 aliphatic rings. The molecule has 3 unspecified atom stereocenters. The molecule has 4 rings (SSSR count). The molecule has 164 valence electrons. The molecule has 0 aliphatic carbocycles. The second-order valence-corrected chi connectivity index (χ2v) is 9.13. The van der Waals surface area contributed by atoms with E-state index in [4.69, 9.17) is 4.74 Å². The van der Waals surface area contributed by atoms with E-state index in [9.17, 15) is 21.8 Å². The van der Waals surface area contributed by atoms with Gasteiger partial charge in [-0.15, -0.1) is 0 Å². The van der Waals surface area contributed by atoms with Crippen molar-refractivity contribution in [1.82, 2.24) is 14.8 Å². The van der Waals surface area contributed by atoms with E-state index in [0.717, 1.165) is 17.2 Å². The van der Waals surface area contributed by atoms with Crippen LogP contribution in [-0.2, 0) is 27.8 Å². The molecule has 0 saturated carbocycles. The van der Waals surface area contributed by atoms with Gasteiger partial charge in [0.25, 0.3) is 10.1 Å². The molecule has 2 aromatic carbocycles. The van der Waals surface area contributed by atoms with Crippen molar-refractivity contribution in [2.24, 2.45) is 5.92 Å². The van der Waals surface area contributed by atoms with Gasteiger partial charge >= 0.3 is 0 Å². The fraction of sp³-hybridized carbons (Fsp3) is 0.333. The van der Waals surface area contributed by atoms with Gasteiger partial charge in [-0.05, 0) is 55.0 Å². The average molecular weight is 449 g/mol. The quantitative estimate of drug-likeness (QED) is 0.579. The predicted octanol–water partition coefficient (Wildman–Crippen LogP) is 3.50. The molecule has 10 heteroatoms. The van der Waals surface area contributed by atoms with Gasteiger partial charge in [-0.1, -0.05) is 12.1 Å². The molecular formula is C21H21F2N3O4S. The summed E-state index contributed by atoms with van der Waals surface area (Å²) in [6.07, 6.45) is 2.93. The van der Waals surface area contributed by atoms with Crippen LogP contribution in [0.25, 0.3) is 0 Å². The topological polar surface area (TPSA) is 94.3 Å². The molecule has 3 atom stereocenters. The molecule has 31 heavy (non-hydrogen) atoms. The molecule has 0 spiro atoms. The highest BCUT2D eigenvalue weighted by Gasteiger charge is 2.37. The number of hydrogen-bond acceptors (Lipinski definition) is 5. The second-order valence-electron chi connectivity index (χ2n) is 7.71.